The van der Waals surface area contributed by atoms with Crippen LogP contribution in [0.1, 0.15) is 44.7 Å². The third kappa shape index (κ3) is 4.57. The Kier molecular flexibility index (Phi) is 6.04. The van der Waals surface area contributed by atoms with Crippen LogP contribution in [-0.2, 0) is 14.6 Å². The first-order valence-corrected chi connectivity index (χ1v) is 10.4. The summed E-state index contributed by atoms with van der Waals surface area (Å²) in [5, 5.41) is 0. The maximum atomic E-state index is 12.5. The average molecular weight is 353 g/mol. The Balaban J connectivity index is 2.01. The molecule has 0 aliphatic carbocycles. The molecule has 1 saturated heterocycles. The number of carbonyl (C=O) groups is 1. The molecule has 1 fully saturated rings. The van der Waals surface area contributed by atoms with Crippen LogP contribution < -0.4 is 0 Å². The monoisotopic (exact) mass is 352 g/mol. The van der Waals surface area contributed by atoms with Crippen LogP contribution in [0, 0.1) is 0 Å². The quantitative estimate of drug-likeness (QED) is 0.817. The molecule has 0 bridgehead atoms. The fourth-order valence-electron chi connectivity index (χ4n) is 3.16. The molecule has 1 heterocycles. The minimum Gasteiger partial charge on any atom is -0.339 e. The highest BCUT2D eigenvalue weighted by atomic mass is 32.2. The molecule has 1 aromatic carbocycles. The standard InChI is InChI=1S/C18H28N2O3S/c1-14-7-5-6-12-20(14)18(21)13-19(3)15(2)16-8-10-17(11-9-16)24(4,22)23/h8-11,14-15H,5-7,12-13H2,1-4H3. The van der Waals surface area contributed by atoms with Crippen LogP contribution in [-0.4, -0.2) is 56.6 Å². The third-order valence-corrected chi connectivity index (χ3v) is 6.09. The Hall–Kier alpha value is -1.40. The zero-order valence-electron chi connectivity index (χ0n) is 15.0. The maximum absolute atomic E-state index is 12.5. The smallest absolute Gasteiger partial charge is 0.236 e. The van der Waals surface area contributed by atoms with Crippen molar-refractivity contribution in [3.05, 3.63) is 29.8 Å². The summed E-state index contributed by atoms with van der Waals surface area (Å²) < 4.78 is 23.1. The van der Waals surface area contributed by atoms with Crippen molar-refractivity contribution in [2.24, 2.45) is 0 Å². The summed E-state index contributed by atoms with van der Waals surface area (Å²) in [5.41, 5.74) is 1.00. The van der Waals surface area contributed by atoms with Crippen molar-refractivity contribution in [3.8, 4) is 0 Å². The summed E-state index contributed by atoms with van der Waals surface area (Å²) in [6.45, 7) is 5.37. The van der Waals surface area contributed by atoms with Gasteiger partial charge in [-0.2, -0.15) is 0 Å². The number of rotatable bonds is 5. The van der Waals surface area contributed by atoms with Gasteiger partial charge in [0, 0.05) is 24.9 Å². The molecular formula is C18H28N2O3S. The molecule has 0 aromatic heterocycles. The fraction of sp³-hybridized carbons (Fsp3) is 0.611. The molecule has 0 spiro atoms. The van der Waals surface area contributed by atoms with Crippen LogP contribution >= 0.6 is 0 Å². The van der Waals surface area contributed by atoms with E-state index in [0.29, 0.717) is 17.5 Å². The lowest BCUT2D eigenvalue weighted by Gasteiger charge is -2.35. The number of likely N-dealkylation sites (N-methyl/N-ethyl adjacent to an activating group) is 1. The Morgan fingerprint density at radius 2 is 1.92 bits per heavy atom. The van der Waals surface area contributed by atoms with Gasteiger partial charge in [-0.25, -0.2) is 8.42 Å². The molecule has 1 aromatic rings. The molecule has 2 atom stereocenters. The molecular weight excluding hydrogens is 324 g/mol. The Labute approximate surface area is 145 Å². The van der Waals surface area contributed by atoms with E-state index in [1.165, 1.54) is 12.7 Å². The summed E-state index contributed by atoms with van der Waals surface area (Å²) in [6.07, 6.45) is 4.57. The van der Waals surface area contributed by atoms with Gasteiger partial charge in [0.1, 0.15) is 0 Å². The lowest BCUT2D eigenvalue weighted by atomic mass is 10.0. The van der Waals surface area contributed by atoms with Gasteiger partial charge in [0.05, 0.1) is 11.4 Å². The number of amides is 1. The molecule has 2 rings (SSSR count). The molecule has 1 aliphatic heterocycles. The Morgan fingerprint density at radius 3 is 2.46 bits per heavy atom. The van der Waals surface area contributed by atoms with Crippen LogP contribution in [0.15, 0.2) is 29.2 Å². The average Bonchev–Trinajstić information content (AvgIpc) is 2.53. The predicted molar refractivity (Wildman–Crippen MR) is 95.6 cm³/mol. The van der Waals surface area contributed by atoms with Gasteiger partial charge in [0.25, 0.3) is 0 Å². The topological polar surface area (TPSA) is 57.7 Å². The lowest BCUT2D eigenvalue weighted by molar-refractivity contribution is -0.135. The van der Waals surface area contributed by atoms with Gasteiger partial charge in [-0.05, 0) is 57.9 Å². The fourth-order valence-corrected chi connectivity index (χ4v) is 3.79. The van der Waals surface area contributed by atoms with E-state index in [0.717, 1.165) is 24.9 Å². The molecule has 134 valence electrons. The van der Waals surface area contributed by atoms with E-state index in [1.807, 2.05) is 35.9 Å². The van der Waals surface area contributed by atoms with Gasteiger partial charge in [-0.3, -0.25) is 9.69 Å². The first kappa shape index (κ1) is 18.9. The van der Waals surface area contributed by atoms with Crippen molar-refractivity contribution in [1.29, 1.82) is 0 Å². The van der Waals surface area contributed by atoms with Crippen LogP contribution in [0.2, 0.25) is 0 Å². The number of likely N-dealkylation sites (tertiary alicyclic amines) is 1. The second-order valence-corrected chi connectivity index (χ2v) is 8.88. The van der Waals surface area contributed by atoms with E-state index in [2.05, 4.69) is 6.92 Å². The van der Waals surface area contributed by atoms with E-state index >= 15 is 0 Å². The largest absolute Gasteiger partial charge is 0.339 e. The molecule has 2 unspecified atom stereocenters. The molecule has 0 saturated carbocycles. The van der Waals surface area contributed by atoms with E-state index in [-0.39, 0.29) is 11.9 Å². The second kappa shape index (κ2) is 7.66. The number of hydrogen-bond acceptors (Lipinski definition) is 4. The molecule has 5 nitrogen and oxygen atoms in total. The van der Waals surface area contributed by atoms with Crippen molar-refractivity contribution >= 4 is 15.7 Å². The highest BCUT2D eigenvalue weighted by molar-refractivity contribution is 7.90. The molecule has 0 N–H and O–H groups in total. The van der Waals surface area contributed by atoms with Crippen molar-refractivity contribution in [1.82, 2.24) is 9.80 Å². The Morgan fingerprint density at radius 1 is 1.29 bits per heavy atom. The van der Waals surface area contributed by atoms with Crippen LogP contribution in [0.5, 0.6) is 0 Å². The number of piperidine rings is 1. The van der Waals surface area contributed by atoms with Crippen LogP contribution in [0.4, 0.5) is 0 Å². The number of sulfone groups is 1. The van der Waals surface area contributed by atoms with Crippen LogP contribution in [0.3, 0.4) is 0 Å². The zero-order chi connectivity index (χ0) is 17.9. The SMILES string of the molecule is CC(c1ccc(S(C)(=O)=O)cc1)N(C)CC(=O)N1CCCCC1C. The molecule has 0 radical (unpaired) electrons. The zero-order valence-corrected chi connectivity index (χ0v) is 15.8. The summed E-state index contributed by atoms with van der Waals surface area (Å²) in [6, 6.07) is 7.27. The van der Waals surface area contributed by atoms with Crippen molar-refractivity contribution in [2.75, 3.05) is 26.4 Å². The van der Waals surface area contributed by atoms with E-state index in [4.69, 9.17) is 0 Å². The highest BCUT2D eigenvalue weighted by Crippen LogP contribution is 2.22. The predicted octanol–water partition coefficient (Wildman–Crippen LogP) is 2.48. The normalized spacial score (nSPS) is 20.2. The highest BCUT2D eigenvalue weighted by Gasteiger charge is 2.25. The van der Waals surface area contributed by atoms with Crippen molar-refractivity contribution in [3.63, 3.8) is 0 Å². The second-order valence-electron chi connectivity index (χ2n) is 6.86. The van der Waals surface area contributed by atoms with Gasteiger partial charge < -0.3 is 4.90 Å². The number of hydrogen-bond donors (Lipinski definition) is 0. The number of nitrogens with zero attached hydrogens (tertiary/aromatic N) is 2. The first-order valence-electron chi connectivity index (χ1n) is 8.50. The molecule has 1 aliphatic rings. The summed E-state index contributed by atoms with van der Waals surface area (Å²) in [4.78, 5) is 16.9. The van der Waals surface area contributed by atoms with Gasteiger partial charge in [0.2, 0.25) is 5.91 Å². The van der Waals surface area contributed by atoms with Crippen molar-refractivity contribution in [2.45, 2.75) is 50.1 Å². The minimum atomic E-state index is -3.18. The molecule has 1 amide bonds. The summed E-state index contributed by atoms with van der Waals surface area (Å²) in [7, 11) is -1.25. The van der Waals surface area contributed by atoms with Gasteiger partial charge in [0.15, 0.2) is 9.84 Å². The lowest BCUT2D eigenvalue weighted by Crippen LogP contribution is -2.46. The third-order valence-electron chi connectivity index (χ3n) is 4.96. The van der Waals surface area contributed by atoms with Gasteiger partial charge in [-0.1, -0.05) is 12.1 Å². The van der Waals surface area contributed by atoms with E-state index in [1.54, 1.807) is 12.1 Å². The van der Waals surface area contributed by atoms with E-state index < -0.39 is 9.84 Å². The number of carbonyl (C=O) groups excluding carboxylic acids is 1. The summed E-state index contributed by atoms with van der Waals surface area (Å²) in [5.74, 6) is 0.171. The van der Waals surface area contributed by atoms with E-state index in [9.17, 15) is 13.2 Å². The minimum absolute atomic E-state index is 0.0441. The molecule has 24 heavy (non-hydrogen) atoms. The molecule has 6 heteroatoms. The van der Waals surface area contributed by atoms with Crippen LogP contribution in [0.25, 0.3) is 0 Å². The van der Waals surface area contributed by atoms with Gasteiger partial charge >= 0.3 is 0 Å². The first-order chi connectivity index (χ1) is 11.2. The summed E-state index contributed by atoms with van der Waals surface area (Å²) >= 11 is 0. The maximum Gasteiger partial charge on any atom is 0.236 e. The van der Waals surface area contributed by atoms with Gasteiger partial charge in [-0.15, -0.1) is 0 Å². The number of benzene rings is 1. The van der Waals surface area contributed by atoms with Crippen molar-refractivity contribution < 1.29 is 13.2 Å². The Bertz CT molecular complexity index is 670.